The Morgan fingerprint density at radius 3 is 2.65 bits per heavy atom. The third kappa shape index (κ3) is 5.53. The van der Waals surface area contributed by atoms with Crippen molar-refractivity contribution in [2.24, 2.45) is 0 Å². The van der Waals surface area contributed by atoms with Crippen LogP contribution in [0.5, 0.6) is 0 Å². The Hall–Kier alpha value is -3.05. The summed E-state index contributed by atoms with van der Waals surface area (Å²) in [5.74, 6) is 2.17. The van der Waals surface area contributed by atoms with Gasteiger partial charge in [0.1, 0.15) is 17.5 Å². The number of benzene rings is 1. The molecule has 0 radical (unpaired) electrons. The highest BCUT2D eigenvalue weighted by molar-refractivity contribution is 7.98. The lowest BCUT2D eigenvalue weighted by Gasteiger charge is -2.25. The molecule has 34 heavy (non-hydrogen) atoms. The first-order valence-electron chi connectivity index (χ1n) is 11.3. The van der Waals surface area contributed by atoms with Crippen LogP contribution in [0.25, 0.3) is 0 Å². The van der Waals surface area contributed by atoms with Gasteiger partial charge in [-0.25, -0.2) is 4.39 Å². The van der Waals surface area contributed by atoms with E-state index in [0.29, 0.717) is 29.3 Å². The third-order valence-electron chi connectivity index (χ3n) is 5.72. The molecule has 4 aromatic rings. The van der Waals surface area contributed by atoms with Crippen molar-refractivity contribution in [3.05, 3.63) is 64.1 Å². The molecule has 1 aromatic carbocycles. The second-order valence-corrected chi connectivity index (χ2v) is 10.1. The number of hydrogen-bond donors (Lipinski definition) is 2. The zero-order chi connectivity index (χ0) is 23.3. The van der Waals surface area contributed by atoms with Crippen LogP contribution in [-0.4, -0.2) is 29.7 Å². The van der Waals surface area contributed by atoms with Crippen LogP contribution in [-0.2, 0) is 12.2 Å². The molecule has 0 spiro atoms. The molecule has 5 rings (SSSR count). The number of nitrogens with one attached hydrogen (secondary N) is 1. The van der Waals surface area contributed by atoms with Gasteiger partial charge >= 0.3 is 0 Å². The van der Waals surface area contributed by atoms with Gasteiger partial charge in [-0.2, -0.15) is 15.0 Å². The summed E-state index contributed by atoms with van der Waals surface area (Å²) in [6.45, 7) is 0. The summed E-state index contributed by atoms with van der Waals surface area (Å²) in [6, 6.07) is 10.6. The summed E-state index contributed by atoms with van der Waals surface area (Å²) in [5, 5.41) is 15.1. The van der Waals surface area contributed by atoms with E-state index in [2.05, 4.69) is 52.5 Å². The van der Waals surface area contributed by atoms with Crippen molar-refractivity contribution in [3.8, 4) is 0 Å². The number of thioether (sulfide) groups is 1. The van der Waals surface area contributed by atoms with Crippen LogP contribution in [0.4, 0.5) is 22.0 Å². The van der Waals surface area contributed by atoms with Gasteiger partial charge in [-0.15, -0.1) is 21.5 Å². The lowest BCUT2D eigenvalue weighted by Crippen LogP contribution is -2.17. The van der Waals surface area contributed by atoms with Crippen LogP contribution in [0.3, 0.4) is 0 Å². The largest absolute Gasteiger partial charge is 0.368 e. The monoisotopic (exact) mass is 496 g/mol. The van der Waals surface area contributed by atoms with Crippen molar-refractivity contribution in [2.45, 2.75) is 55.5 Å². The number of nitrogens with two attached hydrogens (primary N) is 1. The SMILES string of the molecule is Nc1nc(CSc2nnc(Cc3cccs3)n2C2CCCCC2)nc(Nc2ccc(F)cc2)n1. The van der Waals surface area contributed by atoms with E-state index in [1.165, 1.54) is 36.3 Å². The predicted octanol–water partition coefficient (Wildman–Crippen LogP) is 5.38. The normalized spacial score (nSPS) is 14.4. The van der Waals surface area contributed by atoms with E-state index in [1.54, 1.807) is 35.2 Å². The van der Waals surface area contributed by atoms with E-state index in [1.807, 2.05) is 0 Å². The molecule has 0 atom stereocenters. The maximum absolute atomic E-state index is 13.2. The van der Waals surface area contributed by atoms with Gasteiger partial charge in [0.05, 0.1) is 5.75 Å². The second kappa shape index (κ2) is 10.5. The fourth-order valence-corrected chi connectivity index (χ4v) is 5.73. The first-order chi connectivity index (χ1) is 16.6. The zero-order valence-corrected chi connectivity index (χ0v) is 20.2. The minimum Gasteiger partial charge on any atom is -0.368 e. The highest BCUT2D eigenvalue weighted by Gasteiger charge is 2.23. The van der Waals surface area contributed by atoms with Gasteiger partial charge in [0, 0.05) is 23.0 Å². The van der Waals surface area contributed by atoms with Gasteiger partial charge in [0.25, 0.3) is 0 Å². The molecule has 0 saturated heterocycles. The smallest absolute Gasteiger partial charge is 0.232 e. The average Bonchev–Trinajstić information content (AvgIpc) is 3.50. The summed E-state index contributed by atoms with van der Waals surface area (Å²) in [6.07, 6.45) is 6.82. The fraction of sp³-hybridized carbons (Fsp3) is 0.348. The Kier molecular flexibility index (Phi) is 7.00. The van der Waals surface area contributed by atoms with E-state index in [4.69, 9.17) is 5.73 Å². The average molecular weight is 497 g/mol. The minimum absolute atomic E-state index is 0.127. The zero-order valence-electron chi connectivity index (χ0n) is 18.5. The molecule has 11 heteroatoms. The summed E-state index contributed by atoms with van der Waals surface area (Å²) < 4.78 is 15.5. The molecule has 1 saturated carbocycles. The first-order valence-corrected chi connectivity index (χ1v) is 13.1. The summed E-state index contributed by atoms with van der Waals surface area (Å²) in [4.78, 5) is 14.2. The number of aromatic nitrogens is 6. The summed E-state index contributed by atoms with van der Waals surface area (Å²) >= 11 is 3.30. The van der Waals surface area contributed by atoms with Gasteiger partial charge in [-0.1, -0.05) is 37.1 Å². The van der Waals surface area contributed by atoms with Crippen LogP contribution in [0.1, 0.15) is 54.7 Å². The Morgan fingerprint density at radius 1 is 1.06 bits per heavy atom. The molecule has 1 aliphatic rings. The maximum Gasteiger partial charge on any atom is 0.232 e. The van der Waals surface area contributed by atoms with Gasteiger partial charge in [-0.05, 0) is 48.6 Å². The van der Waals surface area contributed by atoms with E-state index in [0.717, 1.165) is 30.2 Å². The lowest BCUT2D eigenvalue weighted by molar-refractivity contribution is 0.330. The summed E-state index contributed by atoms with van der Waals surface area (Å²) in [7, 11) is 0. The summed E-state index contributed by atoms with van der Waals surface area (Å²) in [5.41, 5.74) is 6.60. The van der Waals surface area contributed by atoms with Crippen molar-refractivity contribution >= 4 is 40.7 Å². The molecule has 8 nitrogen and oxygen atoms in total. The molecule has 1 fully saturated rings. The van der Waals surface area contributed by atoms with Gasteiger partial charge in [-0.3, -0.25) is 0 Å². The first kappa shape index (κ1) is 22.7. The van der Waals surface area contributed by atoms with Crippen molar-refractivity contribution in [3.63, 3.8) is 0 Å². The molecule has 3 N–H and O–H groups in total. The number of hydrogen-bond acceptors (Lipinski definition) is 9. The van der Waals surface area contributed by atoms with E-state index in [-0.39, 0.29) is 11.8 Å². The van der Waals surface area contributed by atoms with Crippen LogP contribution in [0.2, 0.25) is 0 Å². The molecular weight excluding hydrogens is 471 g/mol. The number of thiophene rings is 1. The Balaban J connectivity index is 1.34. The molecule has 176 valence electrons. The predicted molar refractivity (Wildman–Crippen MR) is 133 cm³/mol. The third-order valence-corrected chi connectivity index (χ3v) is 7.53. The minimum atomic E-state index is -0.307. The van der Waals surface area contributed by atoms with E-state index in [9.17, 15) is 4.39 Å². The van der Waals surface area contributed by atoms with Crippen molar-refractivity contribution in [1.82, 2.24) is 29.7 Å². The van der Waals surface area contributed by atoms with Gasteiger partial charge in [0.2, 0.25) is 11.9 Å². The quantitative estimate of drug-likeness (QED) is 0.313. The van der Waals surface area contributed by atoms with E-state index >= 15 is 0 Å². The van der Waals surface area contributed by atoms with Crippen LogP contribution in [0.15, 0.2) is 46.9 Å². The highest BCUT2D eigenvalue weighted by Crippen LogP contribution is 2.34. The number of nitrogen functional groups attached to an aromatic ring is 1. The topological polar surface area (TPSA) is 107 Å². The Labute approximate surface area is 205 Å². The maximum atomic E-state index is 13.2. The molecule has 0 amide bonds. The number of anilines is 3. The molecule has 3 aromatic heterocycles. The number of nitrogens with zero attached hydrogens (tertiary/aromatic N) is 6. The van der Waals surface area contributed by atoms with Crippen molar-refractivity contribution in [1.29, 1.82) is 0 Å². The fourth-order valence-electron chi connectivity index (χ4n) is 4.15. The molecule has 0 aliphatic heterocycles. The Bertz CT molecular complexity index is 1220. The molecule has 3 heterocycles. The van der Waals surface area contributed by atoms with Crippen LogP contribution < -0.4 is 11.1 Å². The molecular formula is C23H25FN8S2. The molecule has 0 bridgehead atoms. The van der Waals surface area contributed by atoms with E-state index < -0.39 is 0 Å². The lowest BCUT2D eigenvalue weighted by atomic mass is 9.95. The van der Waals surface area contributed by atoms with Crippen molar-refractivity contribution < 1.29 is 4.39 Å². The number of halogens is 1. The van der Waals surface area contributed by atoms with Gasteiger partial charge in [0.15, 0.2) is 5.16 Å². The molecule has 1 aliphatic carbocycles. The van der Waals surface area contributed by atoms with Crippen molar-refractivity contribution in [2.75, 3.05) is 11.1 Å². The molecule has 0 unspecified atom stereocenters. The van der Waals surface area contributed by atoms with Crippen LogP contribution in [0, 0.1) is 5.82 Å². The number of rotatable bonds is 8. The standard InChI is InChI=1S/C23H25FN8S2/c24-15-8-10-16(11-9-15)26-22-28-19(27-21(25)29-22)14-34-23-31-30-20(13-18-7-4-12-33-18)32(23)17-5-2-1-3-6-17/h4,7-12,17H,1-3,5-6,13-14H2,(H3,25,26,27,28,29). The highest BCUT2D eigenvalue weighted by atomic mass is 32.2. The Morgan fingerprint density at radius 2 is 1.88 bits per heavy atom. The second-order valence-electron chi connectivity index (χ2n) is 8.17. The van der Waals surface area contributed by atoms with Gasteiger partial charge < -0.3 is 15.6 Å². The van der Waals surface area contributed by atoms with Crippen LogP contribution >= 0.6 is 23.1 Å².